The average Bonchev–Trinajstić information content (AvgIpc) is 2.26. The molecule has 0 spiro atoms. The van der Waals surface area contributed by atoms with E-state index >= 15 is 0 Å². The van der Waals surface area contributed by atoms with Gasteiger partial charge in [-0.2, -0.15) is 0 Å². The fourth-order valence-electron chi connectivity index (χ4n) is 1.39. The summed E-state index contributed by atoms with van der Waals surface area (Å²) < 4.78 is 0. The summed E-state index contributed by atoms with van der Waals surface area (Å²) in [5, 5.41) is 3.53. The maximum Gasteiger partial charge on any atom is 0.0300 e. The van der Waals surface area contributed by atoms with Gasteiger partial charge in [-0.3, -0.25) is 4.98 Å². The summed E-state index contributed by atoms with van der Waals surface area (Å²) in [5.74, 6) is 0.707. The Kier molecular flexibility index (Phi) is 4.94. The highest BCUT2D eigenvalue weighted by Gasteiger charge is 2.21. The quantitative estimate of drug-likeness (QED) is 0.746. The first-order valence-electron chi connectivity index (χ1n) is 6.12. The summed E-state index contributed by atoms with van der Waals surface area (Å²) in [6.07, 6.45) is 4.82. The molecule has 0 amide bonds. The molecule has 0 saturated carbocycles. The molecule has 0 fully saturated rings. The fraction of sp³-hybridized carbons (Fsp3) is 0.643. The lowest BCUT2D eigenvalue weighted by atomic mass is 9.81. The van der Waals surface area contributed by atoms with E-state index in [4.69, 9.17) is 0 Å². The Hall–Kier alpha value is -0.890. The molecule has 0 aliphatic rings. The molecule has 16 heavy (non-hydrogen) atoms. The summed E-state index contributed by atoms with van der Waals surface area (Å²) >= 11 is 0. The van der Waals surface area contributed by atoms with Crippen molar-refractivity contribution < 1.29 is 0 Å². The minimum atomic E-state index is 0.370. The van der Waals surface area contributed by atoms with E-state index in [0.717, 1.165) is 19.5 Å². The molecule has 0 saturated heterocycles. The van der Waals surface area contributed by atoms with Gasteiger partial charge in [0.15, 0.2) is 0 Å². The van der Waals surface area contributed by atoms with Crippen LogP contribution in [0, 0.1) is 11.3 Å². The van der Waals surface area contributed by atoms with Gasteiger partial charge in [-0.15, -0.1) is 0 Å². The summed E-state index contributed by atoms with van der Waals surface area (Å²) in [6.45, 7) is 11.3. The van der Waals surface area contributed by atoms with Gasteiger partial charge in [-0.05, 0) is 35.9 Å². The lowest BCUT2D eigenvalue weighted by Crippen LogP contribution is -2.34. The molecular weight excluding hydrogens is 196 g/mol. The zero-order valence-electron chi connectivity index (χ0n) is 11.0. The number of hydrogen-bond acceptors (Lipinski definition) is 2. The van der Waals surface area contributed by atoms with Crippen LogP contribution in [0.4, 0.5) is 0 Å². The summed E-state index contributed by atoms with van der Waals surface area (Å²) in [5.41, 5.74) is 1.67. The van der Waals surface area contributed by atoms with Crippen molar-refractivity contribution in [2.45, 2.75) is 34.1 Å². The van der Waals surface area contributed by atoms with Crippen molar-refractivity contribution in [2.75, 3.05) is 13.1 Å². The molecule has 0 aliphatic heterocycles. The maximum absolute atomic E-state index is 4.11. The van der Waals surface area contributed by atoms with E-state index in [1.54, 1.807) is 0 Å². The summed E-state index contributed by atoms with van der Waals surface area (Å²) in [6, 6.07) is 4.12. The van der Waals surface area contributed by atoms with Gasteiger partial charge >= 0.3 is 0 Å². The van der Waals surface area contributed by atoms with Crippen molar-refractivity contribution >= 4 is 0 Å². The van der Waals surface area contributed by atoms with Crippen LogP contribution in [0.5, 0.6) is 0 Å². The molecule has 2 heteroatoms. The van der Waals surface area contributed by atoms with Crippen LogP contribution in [0.1, 0.15) is 33.3 Å². The second-order valence-corrected chi connectivity index (χ2v) is 5.43. The van der Waals surface area contributed by atoms with Crippen LogP contribution in [0.25, 0.3) is 0 Å². The molecule has 0 unspecified atom stereocenters. The standard InChI is InChI=1S/C14H24N2/c1-12(2)14(3,4)11-16-9-7-13-6-5-8-15-10-13/h5-6,8,10,12,16H,7,9,11H2,1-4H3. The molecule has 90 valence electrons. The number of nitrogens with zero attached hydrogens (tertiary/aromatic N) is 1. The van der Waals surface area contributed by atoms with Gasteiger partial charge in [0.2, 0.25) is 0 Å². The van der Waals surface area contributed by atoms with Crippen molar-refractivity contribution in [1.82, 2.24) is 10.3 Å². The average molecular weight is 220 g/mol. The third kappa shape index (κ3) is 4.31. The Balaban J connectivity index is 2.22. The third-order valence-electron chi connectivity index (χ3n) is 3.46. The van der Waals surface area contributed by atoms with Crippen molar-refractivity contribution in [3.8, 4) is 0 Å². The zero-order chi connectivity index (χ0) is 12.0. The van der Waals surface area contributed by atoms with Crippen LogP contribution >= 0.6 is 0 Å². The topological polar surface area (TPSA) is 24.9 Å². The fourth-order valence-corrected chi connectivity index (χ4v) is 1.39. The summed E-state index contributed by atoms with van der Waals surface area (Å²) in [7, 11) is 0. The molecule has 0 radical (unpaired) electrons. The van der Waals surface area contributed by atoms with Gasteiger partial charge in [-0.1, -0.05) is 33.8 Å². The van der Waals surface area contributed by atoms with Gasteiger partial charge < -0.3 is 5.32 Å². The van der Waals surface area contributed by atoms with Gasteiger partial charge in [0.05, 0.1) is 0 Å². The van der Waals surface area contributed by atoms with Crippen LogP contribution < -0.4 is 5.32 Å². The molecule has 0 bridgehead atoms. The van der Waals surface area contributed by atoms with Gasteiger partial charge in [0.1, 0.15) is 0 Å². The van der Waals surface area contributed by atoms with E-state index in [1.165, 1.54) is 5.56 Å². The predicted molar refractivity (Wildman–Crippen MR) is 69.4 cm³/mol. The smallest absolute Gasteiger partial charge is 0.0300 e. The highest BCUT2D eigenvalue weighted by Crippen LogP contribution is 2.24. The van der Waals surface area contributed by atoms with Gasteiger partial charge in [0.25, 0.3) is 0 Å². The zero-order valence-corrected chi connectivity index (χ0v) is 11.0. The Labute approximate surface area is 99.5 Å². The van der Waals surface area contributed by atoms with Crippen molar-refractivity contribution in [2.24, 2.45) is 11.3 Å². The Morgan fingerprint density at radius 2 is 2.12 bits per heavy atom. The van der Waals surface area contributed by atoms with Gasteiger partial charge in [0, 0.05) is 18.9 Å². The van der Waals surface area contributed by atoms with Crippen LogP contribution in [-0.4, -0.2) is 18.1 Å². The van der Waals surface area contributed by atoms with E-state index in [-0.39, 0.29) is 0 Å². The third-order valence-corrected chi connectivity index (χ3v) is 3.46. The summed E-state index contributed by atoms with van der Waals surface area (Å²) in [4.78, 5) is 4.11. The lowest BCUT2D eigenvalue weighted by molar-refractivity contribution is 0.239. The number of pyridine rings is 1. The maximum atomic E-state index is 4.11. The molecule has 1 aromatic rings. The monoisotopic (exact) mass is 220 g/mol. The lowest BCUT2D eigenvalue weighted by Gasteiger charge is -2.29. The van der Waals surface area contributed by atoms with Crippen LogP contribution in [0.15, 0.2) is 24.5 Å². The Morgan fingerprint density at radius 3 is 2.69 bits per heavy atom. The second kappa shape index (κ2) is 6.00. The normalized spacial score (nSPS) is 12.1. The van der Waals surface area contributed by atoms with Crippen LogP contribution in [0.2, 0.25) is 0 Å². The first kappa shape index (κ1) is 13.2. The predicted octanol–water partition coefficient (Wildman–Crippen LogP) is 2.90. The number of nitrogens with one attached hydrogen (secondary N) is 1. The van der Waals surface area contributed by atoms with E-state index in [2.05, 4.69) is 44.1 Å². The minimum absolute atomic E-state index is 0.370. The largest absolute Gasteiger partial charge is 0.316 e. The first-order chi connectivity index (χ1) is 7.52. The highest BCUT2D eigenvalue weighted by molar-refractivity contribution is 5.08. The molecule has 0 aliphatic carbocycles. The van der Waals surface area contributed by atoms with Gasteiger partial charge in [-0.25, -0.2) is 0 Å². The number of rotatable bonds is 6. The van der Waals surface area contributed by atoms with Crippen molar-refractivity contribution in [1.29, 1.82) is 0 Å². The molecule has 1 rings (SSSR count). The SMILES string of the molecule is CC(C)C(C)(C)CNCCc1cccnc1. The molecule has 1 N–H and O–H groups in total. The minimum Gasteiger partial charge on any atom is -0.316 e. The first-order valence-corrected chi connectivity index (χ1v) is 6.12. The van der Waals surface area contributed by atoms with Crippen LogP contribution in [0.3, 0.4) is 0 Å². The van der Waals surface area contributed by atoms with Crippen LogP contribution in [-0.2, 0) is 6.42 Å². The van der Waals surface area contributed by atoms with E-state index < -0.39 is 0 Å². The van der Waals surface area contributed by atoms with Crippen molar-refractivity contribution in [3.63, 3.8) is 0 Å². The molecule has 2 nitrogen and oxygen atoms in total. The van der Waals surface area contributed by atoms with Crippen molar-refractivity contribution in [3.05, 3.63) is 30.1 Å². The molecule has 1 aromatic heterocycles. The second-order valence-electron chi connectivity index (χ2n) is 5.43. The molecule has 1 heterocycles. The Bertz CT molecular complexity index is 291. The van der Waals surface area contributed by atoms with E-state index in [1.807, 2.05) is 18.5 Å². The Morgan fingerprint density at radius 1 is 1.38 bits per heavy atom. The highest BCUT2D eigenvalue weighted by atomic mass is 14.9. The molecule has 0 aromatic carbocycles. The van der Waals surface area contributed by atoms with E-state index in [0.29, 0.717) is 11.3 Å². The number of aromatic nitrogens is 1. The number of hydrogen-bond donors (Lipinski definition) is 1. The molecule has 0 atom stereocenters. The van der Waals surface area contributed by atoms with E-state index in [9.17, 15) is 0 Å². The molecular formula is C14H24N2.